The summed E-state index contributed by atoms with van der Waals surface area (Å²) >= 11 is 0. The van der Waals surface area contributed by atoms with Gasteiger partial charge in [0, 0.05) is 19.4 Å². The zero-order chi connectivity index (χ0) is 33.1. The number of likely N-dealkylation sites (tertiary alicyclic amines) is 1. The summed E-state index contributed by atoms with van der Waals surface area (Å²) in [6.45, 7) is 1.57. The van der Waals surface area contributed by atoms with Crippen molar-refractivity contribution in [3.05, 3.63) is 108 Å². The molecule has 4 rings (SSSR count). The van der Waals surface area contributed by atoms with Gasteiger partial charge < -0.3 is 26.0 Å². The molecule has 240 valence electrons. The van der Waals surface area contributed by atoms with Crippen LogP contribution in [-0.2, 0) is 48.0 Å². The van der Waals surface area contributed by atoms with Gasteiger partial charge in [-0.2, -0.15) is 0 Å². The molecule has 4 amide bonds. The van der Waals surface area contributed by atoms with Gasteiger partial charge in [-0.05, 0) is 36.5 Å². The lowest BCUT2D eigenvalue weighted by molar-refractivity contribution is -0.150. The number of hydrogen-bond donors (Lipinski definition) is 4. The molecule has 1 aliphatic heterocycles. The van der Waals surface area contributed by atoms with E-state index in [0.29, 0.717) is 18.4 Å². The third-order valence-corrected chi connectivity index (χ3v) is 7.82. The summed E-state index contributed by atoms with van der Waals surface area (Å²) in [4.78, 5) is 79.1. The molecule has 1 saturated heterocycles. The summed E-state index contributed by atoms with van der Waals surface area (Å²) in [5, 5.41) is 17.4. The van der Waals surface area contributed by atoms with Crippen LogP contribution in [0.3, 0.4) is 0 Å². The summed E-state index contributed by atoms with van der Waals surface area (Å²) in [6.07, 6.45) is 1.03. The summed E-state index contributed by atoms with van der Waals surface area (Å²) in [6, 6.07) is 22.4. The molecular formula is C35H38N4O7. The highest BCUT2D eigenvalue weighted by Gasteiger charge is 2.38. The van der Waals surface area contributed by atoms with Gasteiger partial charge in [0.05, 0.1) is 12.5 Å². The van der Waals surface area contributed by atoms with E-state index in [4.69, 9.17) is 0 Å². The van der Waals surface area contributed by atoms with Crippen molar-refractivity contribution in [1.29, 1.82) is 0 Å². The first kappa shape index (κ1) is 33.6. The summed E-state index contributed by atoms with van der Waals surface area (Å²) < 4.78 is 0. The summed E-state index contributed by atoms with van der Waals surface area (Å²) in [7, 11) is 0. The van der Waals surface area contributed by atoms with Crippen LogP contribution in [0.4, 0.5) is 0 Å². The van der Waals surface area contributed by atoms with Crippen molar-refractivity contribution in [3.8, 4) is 0 Å². The Morgan fingerprint density at radius 2 is 1.26 bits per heavy atom. The molecule has 46 heavy (non-hydrogen) atoms. The number of carboxylic acid groups (broad SMARTS) is 1. The highest BCUT2D eigenvalue weighted by molar-refractivity contribution is 6.38. The number of rotatable bonds is 14. The van der Waals surface area contributed by atoms with Crippen LogP contribution in [0.15, 0.2) is 91.0 Å². The van der Waals surface area contributed by atoms with Crippen LogP contribution in [0, 0.1) is 0 Å². The van der Waals surface area contributed by atoms with Crippen LogP contribution < -0.4 is 16.0 Å². The van der Waals surface area contributed by atoms with Crippen molar-refractivity contribution >= 4 is 35.4 Å². The molecule has 11 heteroatoms. The van der Waals surface area contributed by atoms with Crippen LogP contribution in [0.1, 0.15) is 36.5 Å². The molecule has 0 bridgehead atoms. The zero-order valence-corrected chi connectivity index (χ0v) is 25.6. The van der Waals surface area contributed by atoms with Gasteiger partial charge in [-0.1, -0.05) is 91.0 Å². The maximum absolute atomic E-state index is 13.5. The van der Waals surface area contributed by atoms with E-state index in [2.05, 4.69) is 16.0 Å². The Labute approximate surface area is 267 Å². The van der Waals surface area contributed by atoms with Gasteiger partial charge in [0.1, 0.15) is 18.1 Å². The third kappa shape index (κ3) is 9.34. The smallest absolute Gasteiger partial charge is 0.326 e. The number of ketones is 1. The molecule has 0 aliphatic carbocycles. The van der Waals surface area contributed by atoms with E-state index in [1.54, 1.807) is 54.6 Å². The van der Waals surface area contributed by atoms with Crippen molar-refractivity contribution in [2.75, 3.05) is 6.54 Å². The molecule has 0 saturated carbocycles. The fourth-order valence-electron chi connectivity index (χ4n) is 5.43. The first-order chi connectivity index (χ1) is 22.1. The number of aliphatic carboxylic acids is 1. The average molecular weight is 627 g/mol. The number of carboxylic acids is 1. The number of nitrogens with zero attached hydrogens (tertiary/aromatic N) is 1. The first-order valence-electron chi connectivity index (χ1n) is 15.2. The lowest BCUT2D eigenvalue weighted by atomic mass is 10.0. The number of hydrogen-bond acceptors (Lipinski definition) is 6. The highest BCUT2D eigenvalue weighted by atomic mass is 16.4. The van der Waals surface area contributed by atoms with Crippen LogP contribution in [0.5, 0.6) is 0 Å². The maximum atomic E-state index is 13.5. The van der Waals surface area contributed by atoms with Crippen molar-refractivity contribution in [2.45, 2.75) is 63.2 Å². The normalized spacial score (nSPS) is 16.0. The van der Waals surface area contributed by atoms with Gasteiger partial charge in [-0.15, -0.1) is 0 Å². The highest BCUT2D eigenvalue weighted by Crippen LogP contribution is 2.20. The average Bonchev–Trinajstić information content (AvgIpc) is 3.55. The minimum Gasteiger partial charge on any atom is -0.480 e. The van der Waals surface area contributed by atoms with Gasteiger partial charge >= 0.3 is 5.97 Å². The van der Waals surface area contributed by atoms with E-state index < -0.39 is 53.6 Å². The number of nitrogens with one attached hydrogen (secondary N) is 3. The Morgan fingerprint density at radius 3 is 1.80 bits per heavy atom. The maximum Gasteiger partial charge on any atom is 0.326 e. The number of benzene rings is 3. The predicted octanol–water partition coefficient (Wildman–Crippen LogP) is 1.83. The van der Waals surface area contributed by atoms with Gasteiger partial charge in [0.15, 0.2) is 0 Å². The molecule has 1 aliphatic rings. The molecular weight excluding hydrogens is 588 g/mol. The Morgan fingerprint density at radius 1 is 0.739 bits per heavy atom. The van der Waals surface area contributed by atoms with Gasteiger partial charge in [-0.25, -0.2) is 4.79 Å². The monoisotopic (exact) mass is 626 g/mol. The Hall–Kier alpha value is -5.32. The van der Waals surface area contributed by atoms with E-state index in [9.17, 15) is 33.9 Å². The fourth-order valence-corrected chi connectivity index (χ4v) is 5.43. The van der Waals surface area contributed by atoms with E-state index in [1.807, 2.05) is 36.4 Å². The Kier molecular flexibility index (Phi) is 11.8. The summed E-state index contributed by atoms with van der Waals surface area (Å²) in [5.41, 5.74) is 2.25. The number of carbonyl (C=O) groups excluding carboxylic acids is 5. The SMILES string of the molecule is CC(NC(=O)C(Cc1ccccc1)NC(=O)Cc1ccccc1)C(=O)C(=O)N[C@@H](Cc1ccccc1)C(=O)N1CCC[C@H]1C(=O)O. The minimum atomic E-state index is -1.29. The van der Waals surface area contributed by atoms with E-state index in [1.165, 1.54) is 11.8 Å². The van der Waals surface area contributed by atoms with E-state index in [0.717, 1.165) is 11.1 Å². The number of Topliss-reactive ketones (excluding diaryl/α,β-unsaturated/α-hetero) is 1. The molecule has 1 heterocycles. The minimum absolute atomic E-state index is 0.0366. The molecule has 1 fully saturated rings. The topological polar surface area (TPSA) is 162 Å². The van der Waals surface area contributed by atoms with Crippen molar-refractivity contribution in [3.63, 3.8) is 0 Å². The van der Waals surface area contributed by atoms with Crippen molar-refractivity contribution in [1.82, 2.24) is 20.9 Å². The molecule has 0 radical (unpaired) electrons. The summed E-state index contributed by atoms with van der Waals surface area (Å²) in [5.74, 6) is -4.87. The largest absolute Gasteiger partial charge is 0.480 e. The lowest BCUT2D eigenvalue weighted by Gasteiger charge is -2.27. The molecule has 4 N–H and O–H groups in total. The van der Waals surface area contributed by atoms with Crippen molar-refractivity contribution < 1.29 is 33.9 Å². The zero-order valence-electron chi connectivity index (χ0n) is 25.6. The van der Waals surface area contributed by atoms with Gasteiger partial charge in [-0.3, -0.25) is 24.0 Å². The van der Waals surface area contributed by atoms with Crippen LogP contribution in [-0.4, -0.2) is 76.1 Å². The quantitative estimate of drug-likeness (QED) is 0.199. The molecule has 0 aromatic heterocycles. The second-order valence-corrected chi connectivity index (χ2v) is 11.3. The Balaban J connectivity index is 1.44. The molecule has 2 unspecified atom stereocenters. The Bertz CT molecular complexity index is 1530. The first-order valence-corrected chi connectivity index (χ1v) is 15.2. The fraction of sp³-hybridized carbons (Fsp3) is 0.314. The number of amides is 4. The molecule has 4 atom stereocenters. The van der Waals surface area contributed by atoms with Crippen LogP contribution in [0.2, 0.25) is 0 Å². The van der Waals surface area contributed by atoms with Gasteiger partial charge in [0.25, 0.3) is 5.91 Å². The lowest BCUT2D eigenvalue weighted by Crippen LogP contribution is -2.57. The second-order valence-electron chi connectivity index (χ2n) is 11.3. The van der Waals surface area contributed by atoms with Crippen LogP contribution >= 0.6 is 0 Å². The van der Waals surface area contributed by atoms with E-state index in [-0.39, 0.29) is 31.7 Å². The molecule has 3 aromatic rings. The van der Waals surface area contributed by atoms with Crippen molar-refractivity contribution in [2.24, 2.45) is 0 Å². The standard InChI is InChI=1S/C35H38N4O7/c1-23(36-32(42)27(20-24-12-5-2-6-13-24)37-30(40)22-26-16-9-4-10-17-26)31(41)33(43)38-28(21-25-14-7-3-8-15-25)34(44)39-19-11-18-29(39)35(45)46/h2-10,12-17,23,27-29H,11,18-22H2,1H3,(H,36,42)(H,37,40)(H,38,43)(H,45,46)/t23?,27?,28-,29-/m0/s1. The molecule has 11 nitrogen and oxygen atoms in total. The molecule has 3 aromatic carbocycles. The van der Waals surface area contributed by atoms with Gasteiger partial charge in [0.2, 0.25) is 23.5 Å². The third-order valence-electron chi connectivity index (χ3n) is 7.82. The van der Waals surface area contributed by atoms with E-state index >= 15 is 0 Å². The predicted molar refractivity (Wildman–Crippen MR) is 169 cm³/mol. The second kappa shape index (κ2) is 16.1. The number of carbonyl (C=O) groups is 6. The van der Waals surface area contributed by atoms with Crippen LogP contribution in [0.25, 0.3) is 0 Å². The molecule has 0 spiro atoms.